The molecule has 0 aliphatic rings. The molecule has 2 N–H and O–H groups in total. The summed E-state index contributed by atoms with van der Waals surface area (Å²) in [5.74, 6) is 0. The summed E-state index contributed by atoms with van der Waals surface area (Å²) in [4.78, 5) is 17.3. The van der Waals surface area contributed by atoms with Gasteiger partial charge in [0.05, 0.1) is 6.61 Å². The third-order valence-corrected chi connectivity index (χ3v) is 10.5. The Hall–Kier alpha value is 0.550. The van der Waals surface area contributed by atoms with Gasteiger partial charge >= 0.3 is 7.82 Å². The first-order chi connectivity index (χ1) is 22.4. The fourth-order valence-corrected chi connectivity index (χ4v) is 7.24. The lowest BCUT2D eigenvalue weighted by molar-refractivity contribution is 0.193. The number of thiocarbonyl (C=S) groups is 1. The van der Waals surface area contributed by atoms with Crippen molar-refractivity contribution in [2.24, 2.45) is 0 Å². The van der Waals surface area contributed by atoms with Gasteiger partial charge in [0.15, 0.2) is 0 Å². The molecule has 0 heterocycles. The van der Waals surface area contributed by atoms with Gasteiger partial charge in [-0.05, 0) is 19.3 Å². The number of rotatable bonds is 40. The van der Waals surface area contributed by atoms with E-state index in [9.17, 15) is 4.57 Å². The lowest BCUT2D eigenvalue weighted by Crippen LogP contribution is -1.92. The van der Waals surface area contributed by atoms with Crippen molar-refractivity contribution in [3.05, 3.63) is 0 Å². The first-order valence-corrected chi connectivity index (χ1v) is 22.7. The predicted octanol–water partition coefficient (Wildman–Crippen LogP) is 14.8. The quantitative estimate of drug-likeness (QED) is 0.0256. The molecule has 0 aliphatic carbocycles. The van der Waals surface area contributed by atoms with Gasteiger partial charge in [0.1, 0.15) is 0 Å². The van der Waals surface area contributed by atoms with E-state index in [-0.39, 0.29) is 6.61 Å². The number of hydrogen-bond donors (Lipinski definition) is 3. The van der Waals surface area contributed by atoms with Crippen molar-refractivity contribution in [1.82, 2.24) is 0 Å². The minimum atomic E-state index is -4.27. The van der Waals surface area contributed by atoms with Crippen LogP contribution in [0.4, 0.5) is 0 Å². The zero-order valence-electron chi connectivity index (χ0n) is 30.4. The molecule has 0 saturated heterocycles. The van der Waals surface area contributed by atoms with Crippen LogP contribution in [0.25, 0.3) is 0 Å². The van der Waals surface area contributed by atoms with Gasteiger partial charge in [0, 0.05) is 4.20 Å². The molecule has 0 aromatic heterocycles. The highest BCUT2D eigenvalue weighted by atomic mass is 32.1. The maximum absolute atomic E-state index is 10.6. The number of phosphoric acid groups is 1. The summed E-state index contributed by atoms with van der Waals surface area (Å²) in [6.07, 6.45) is 50.5. The lowest BCUT2D eigenvalue weighted by Gasteiger charge is -2.05. The minimum Gasteiger partial charge on any atom is -0.303 e. The van der Waals surface area contributed by atoms with E-state index in [1.165, 1.54) is 212 Å². The van der Waals surface area contributed by atoms with Crippen molar-refractivity contribution < 1.29 is 18.9 Å². The SMILES string of the molecule is O=P(O)(O)OCCCCCCCCCCCCCCCCCCCCCCCCCCCCCCCCCCCCCCC(=S)S. The van der Waals surface area contributed by atoms with Crippen LogP contribution in [0.3, 0.4) is 0 Å². The fraction of sp³-hybridized carbons (Fsp3) is 0.974. The van der Waals surface area contributed by atoms with E-state index in [4.69, 9.17) is 22.0 Å². The molecule has 0 bridgehead atoms. The molecule has 0 atom stereocenters. The summed E-state index contributed by atoms with van der Waals surface area (Å²) in [5, 5.41) is 0. The highest BCUT2D eigenvalue weighted by Crippen LogP contribution is 2.35. The van der Waals surface area contributed by atoms with Crippen LogP contribution in [0.1, 0.15) is 238 Å². The van der Waals surface area contributed by atoms with Crippen molar-refractivity contribution in [2.45, 2.75) is 238 Å². The maximum atomic E-state index is 10.6. The van der Waals surface area contributed by atoms with Crippen molar-refractivity contribution in [3.63, 3.8) is 0 Å². The van der Waals surface area contributed by atoms with Crippen LogP contribution in [0.15, 0.2) is 0 Å². The van der Waals surface area contributed by atoms with Crippen molar-refractivity contribution in [3.8, 4) is 0 Å². The van der Waals surface area contributed by atoms with Crippen molar-refractivity contribution in [2.75, 3.05) is 6.61 Å². The highest BCUT2D eigenvalue weighted by molar-refractivity contribution is 8.11. The minimum absolute atomic E-state index is 0.168. The van der Waals surface area contributed by atoms with E-state index in [0.29, 0.717) is 0 Å². The average molecular weight is 707 g/mol. The summed E-state index contributed by atoms with van der Waals surface area (Å²) < 4.78 is 15.9. The van der Waals surface area contributed by atoms with E-state index in [0.717, 1.165) is 29.9 Å². The monoisotopic (exact) mass is 707 g/mol. The third-order valence-electron chi connectivity index (χ3n) is 9.54. The number of thiol groups is 1. The smallest absolute Gasteiger partial charge is 0.303 e. The molecule has 0 saturated carbocycles. The largest absolute Gasteiger partial charge is 0.469 e. The van der Waals surface area contributed by atoms with Gasteiger partial charge in [-0.3, -0.25) is 4.52 Å². The number of unbranched alkanes of at least 4 members (excludes halogenated alkanes) is 35. The summed E-state index contributed by atoms with van der Waals surface area (Å²) >= 11 is 9.21. The molecular weight excluding hydrogens is 628 g/mol. The van der Waals surface area contributed by atoms with Crippen LogP contribution >= 0.6 is 32.7 Å². The molecule has 276 valence electrons. The first kappa shape index (κ1) is 46.5. The summed E-state index contributed by atoms with van der Waals surface area (Å²) in [7, 11) is -4.27. The molecule has 0 spiro atoms. The van der Waals surface area contributed by atoms with Crippen LogP contribution < -0.4 is 0 Å². The summed E-state index contributed by atoms with van der Waals surface area (Å²) in [5.41, 5.74) is 0. The van der Waals surface area contributed by atoms with Crippen molar-refractivity contribution >= 4 is 36.9 Å². The van der Waals surface area contributed by atoms with Gasteiger partial charge in [-0.2, -0.15) is 0 Å². The van der Waals surface area contributed by atoms with E-state index in [1.807, 2.05) is 0 Å². The maximum Gasteiger partial charge on any atom is 0.469 e. The molecule has 4 nitrogen and oxygen atoms in total. The highest BCUT2D eigenvalue weighted by Gasteiger charge is 2.12. The van der Waals surface area contributed by atoms with Gasteiger partial charge < -0.3 is 9.79 Å². The third kappa shape index (κ3) is 44.5. The number of hydrogen-bond acceptors (Lipinski definition) is 3. The van der Waals surface area contributed by atoms with E-state index < -0.39 is 7.82 Å². The van der Waals surface area contributed by atoms with E-state index in [2.05, 4.69) is 17.2 Å². The zero-order chi connectivity index (χ0) is 33.7. The lowest BCUT2D eigenvalue weighted by atomic mass is 10.0. The Balaban J connectivity index is 3.06. The van der Waals surface area contributed by atoms with Gasteiger partial charge in [0.2, 0.25) is 0 Å². The standard InChI is InChI=1S/C39H79O4PS2/c40-44(41,42)43-38-36-34-32-30-28-26-24-22-20-18-16-14-12-10-8-6-4-2-1-3-5-7-9-11-13-15-17-19-21-23-25-27-29-31-33-35-37-39(45)46/h1-38H2,(H,45,46)(H2,40,41,42). The average Bonchev–Trinajstić information content (AvgIpc) is 3.01. The van der Waals surface area contributed by atoms with E-state index in [1.54, 1.807) is 0 Å². The normalized spacial score (nSPS) is 11.9. The van der Waals surface area contributed by atoms with E-state index >= 15 is 0 Å². The Kier molecular flexibility index (Phi) is 38.8. The van der Waals surface area contributed by atoms with Gasteiger partial charge in [-0.25, -0.2) is 4.57 Å². The van der Waals surface area contributed by atoms with Gasteiger partial charge in [0.25, 0.3) is 0 Å². The number of phosphoric ester groups is 1. The Morgan fingerprint density at radius 3 is 0.739 bits per heavy atom. The predicted molar refractivity (Wildman–Crippen MR) is 210 cm³/mol. The first-order valence-electron chi connectivity index (χ1n) is 20.3. The molecule has 0 amide bonds. The second-order valence-corrected chi connectivity index (χ2v) is 16.8. The molecule has 46 heavy (non-hydrogen) atoms. The molecule has 0 fully saturated rings. The Labute approximate surface area is 298 Å². The summed E-state index contributed by atoms with van der Waals surface area (Å²) in [6, 6.07) is 0. The molecular formula is C39H79O4PS2. The second kappa shape index (κ2) is 38.4. The molecule has 0 aromatic rings. The topological polar surface area (TPSA) is 66.8 Å². The van der Waals surface area contributed by atoms with Crippen LogP contribution in [-0.2, 0) is 9.09 Å². The van der Waals surface area contributed by atoms with Crippen molar-refractivity contribution in [1.29, 1.82) is 0 Å². The second-order valence-electron chi connectivity index (χ2n) is 14.2. The van der Waals surface area contributed by atoms with Crippen LogP contribution in [0.5, 0.6) is 0 Å². The van der Waals surface area contributed by atoms with Crippen LogP contribution in [0, 0.1) is 0 Å². The summed E-state index contributed by atoms with van der Waals surface area (Å²) in [6.45, 7) is 0.168. The Morgan fingerprint density at radius 2 is 0.565 bits per heavy atom. The van der Waals surface area contributed by atoms with Crippen LogP contribution in [0.2, 0.25) is 0 Å². The molecule has 0 unspecified atom stereocenters. The van der Waals surface area contributed by atoms with Gasteiger partial charge in [-0.15, -0.1) is 12.6 Å². The Bertz CT molecular complexity index is 658. The molecule has 0 aromatic carbocycles. The zero-order valence-corrected chi connectivity index (χ0v) is 33.0. The van der Waals surface area contributed by atoms with Gasteiger partial charge in [-0.1, -0.05) is 231 Å². The molecule has 7 heteroatoms. The molecule has 0 rings (SSSR count). The fourth-order valence-electron chi connectivity index (χ4n) is 6.57. The Morgan fingerprint density at radius 1 is 0.391 bits per heavy atom. The van der Waals surface area contributed by atoms with Crippen LogP contribution in [-0.4, -0.2) is 20.6 Å². The molecule has 0 aliphatic heterocycles. The molecule has 0 radical (unpaired) electrons.